The fourth-order valence-corrected chi connectivity index (χ4v) is 2.88. The summed E-state index contributed by atoms with van der Waals surface area (Å²) in [5.74, 6) is 1.15. The van der Waals surface area contributed by atoms with Gasteiger partial charge in [-0.3, -0.25) is 9.78 Å². The maximum Gasteiger partial charge on any atom is 0.269 e. The second-order valence-corrected chi connectivity index (χ2v) is 6.62. The Hall–Kier alpha value is -3.54. The van der Waals surface area contributed by atoms with Crippen molar-refractivity contribution in [3.8, 4) is 11.5 Å². The number of hydrogen-bond donors (Lipinski definition) is 2. The van der Waals surface area contributed by atoms with E-state index < -0.39 is 0 Å². The summed E-state index contributed by atoms with van der Waals surface area (Å²) in [6.45, 7) is 2.53. The highest BCUT2D eigenvalue weighted by Crippen LogP contribution is 2.27. The molecule has 29 heavy (non-hydrogen) atoms. The predicted molar refractivity (Wildman–Crippen MR) is 114 cm³/mol. The van der Waals surface area contributed by atoms with Crippen LogP contribution in [0.1, 0.15) is 21.6 Å². The number of anilines is 2. The van der Waals surface area contributed by atoms with Gasteiger partial charge in [0, 0.05) is 24.1 Å². The van der Waals surface area contributed by atoms with Crippen molar-refractivity contribution in [2.75, 3.05) is 26.1 Å². The Bertz CT molecular complexity index is 971. The number of nitrogens with zero attached hydrogens (tertiary/aromatic N) is 1. The highest BCUT2D eigenvalue weighted by Gasteiger charge is 2.09. The number of carbonyl (C=O) groups excluding carboxylic acids is 1. The van der Waals surface area contributed by atoms with Crippen LogP contribution in [0.5, 0.6) is 11.5 Å². The van der Waals surface area contributed by atoms with Crippen LogP contribution in [-0.4, -0.2) is 31.7 Å². The van der Waals surface area contributed by atoms with Crippen LogP contribution >= 0.6 is 0 Å². The van der Waals surface area contributed by atoms with Crippen molar-refractivity contribution in [2.45, 2.75) is 13.3 Å². The molecule has 3 aromatic rings. The lowest BCUT2D eigenvalue weighted by atomic mass is 10.1. The number of nitrogens with one attached hydrogen (secondary N) is 2. The smallest absolute Gasteiger partial charge is 0.269 e. The molecule has 6 heteroatoms. The summed E-state index contributed by atoms with van der Waals surface area (Å²) >= 11 is 0. The SMILES string of the molecule is COc1ccc(CCNC(=O)c2cc(Nc3ccc(C)cc3)ccn2)cc1OC. The van der Waals surface area contributed by atoms with Gasteiger partial charge in [-0.1, -0.05) is 23.8 Å². The van der Waals surface area contributed by atoms with Crippen molar-refractivity contribution in [1.82, 2.24) is 10.3 Å². The molecule has 150 valence electrons. The molecule has 0 atom stereocenters. The molecule has 1 aromatic heterocycles. The lowest BCUT2D eigenvalue weighted by molar-refractivity contribution is 0.0949. The summed E-state index contributed by atoms with van der Waals surface area (Å²) in [5.41, 5.74) is 4.38. The average molecular weight is 391 g/mol. The fraction of sp³-hybridized carbons (Fsp3) is 0.217. The quantitative estimate of drug-likeness (QED) is 0.604. The van der Waals surface area contributed by atoms with Gasteiger partial charge in [-0.15, -0.1) is 0 Å². The van der Waals surface area contributed by atoms with Gasteiger partial charge in [-0.2, -0.15) is 0 Å². The Labute approximate surface area is 170 Å². The summed E-state index contributed by atoms with van der Waals surface area (Å²) < 4.78 is 10.6. The first-order valence-corrected chi connectivity index (χ1v) is 9.38. The van der Waals surface area contributed by atoms with Crippen LogP contribution in [0.15, 0.2) is 60.8 Å². The van der Waals surface area contributed by atoms with Crippen molar-refractivity contribution in [3.05, 3.63) is 77.6 Å². The molecule has 0 aliphatic rings. The van der Waals surface area contributed by atoms with Crippen molar-refractivity contribution in [2.24, 2.45) is 0 Å². The van der Waals surface area contributed by atoms with Gasteiger partial charge in [0.15, 0.2) is 11.5 Å². The third-order valence-corrected chi connectivity index (χ3v) is 4.48. The van der Waals surface area contributed by atoms with E-state index >= 15 is 0 Å². The van der Waals surface area contributed by atoms with E-state index in [1.807, 2.05) is 55.5 Å². The summed E-state index contributed by atoms with van der Waals surface area (Å²) in [5, 5.41) is 6.20. The average Bonchev–Trinajstić information content (AvgIpc) is 2.75. The molecule has 0 unspecified atom stereocenters. The van der Waals surface area contributed by atoms with Crippen LogP contribution in [0.25, 0.3) is 0 Å². The molecular weight excluding hydrogens is 366 g/mol. The molecule has 3 rings (SSSR count). The first kappa shape index (κ1) is 20.2. The number of hydrogen-bond acceptors (Lipinski definition) is 5. The number of rotatable bonds is 8. The predicted octanol–water partition coefficient (Wildman–Crippen LogP) is 4.12. The molecule has 0 spiro atoms. The Balaban J connectivity index is 1.57. The van der Waals surface area contributed by atoms with Crippen molar-refractivity contribution in [1.29, 1.82) is 0 Å². The second kappa shape index (κ2) is 9.59. The van der Waals surface area contributed by atoms with E-state index in [9.17, 15) is 4.79 Å². The van der Waals surface area contributed by atoms with Crippen LogP contribution < -0.4 is 20.1 Å². The van der Waals surface area contributed by atoms with Gasteiger partial charge in [0.25, 0.3) is 5.91 Å². The van der Waals surface area contributed by atoms with Gasteiger partial charge in [-0.05, 0) is 55.3 Å². The van der Waals surface area contributed by atoms with Gasteiger partial charge in [-0.25, -0.2) is 0 Å². The lowest BCUT2D eigenvalue weighted by Crippen LogP contribution is -2.26. The highest BCUT2D eigenvalue weighted by molar-refractivity contribution is 5.93. The molecule has 0 aliphatic heterocycles. The maximum absolute atomic E-state index is 12.5. The molecule has 6 nitrogen and oxygen atoms in total. The number of aryl methyl sites for hydroxylation is 1. The van der Waals surface area contributed by atoms with Gasteiger partial charge in [0.2, 0.25) is 0 Å². The van der Waals surface area contributed by atoms with Crippen molar-refractivity contribution < 1.29 is 14.3 Å². The van der Waals surface area contributed by atoms with Crippen LogP contribution in [0.2, 0.25) is 0 Å². The molecule has 1 amide bonds. The zero-order valence-electron chi connectivity index (χ0n) is 16.9. The normalized spacial score (nSPS) is 10.3. The molecular formula is C23H25N3O3. The van der Waals surface area contributed by atoms with Gasteiger partial charge < -0.3 is 20.1 Å². The molecule has 0 radical (unpaired) electrons. The number of aromatic nitrogens is 1. The standard InChI is InChI=1S/C23H25N3O3/c1-16-4-7-18(8-5-16)26-19-11-13-24-20(15-19)23(27)25-12-10-17-6-9-21(28-2)22(14-17)29-3/h4-9,11,13-15H,10,12H2,1-3H3,(H,24,26)(H,25,27). The Morgan fingerprint density at radius 1 is 0.931 bits per heavy atom. The molecule has 0 aliphatic carbocycles. The molecule has 0 saturated heterocycles. The summed E-state index contributed by atoms with van der Waals surface area (Å²) in [4.78, 5) is 16.6. The Morgan fingerprint density at radius 2 is 1.69 bits per heavy atom. The number of amides is 1. The Morgan fingerprint density at radius 3 is 2.41 bits per heavy atom. The van der Waals surface area contributed by atoms with E-state index in [-0.39, 0.29) is 5.91 Å². The monoisotopic (exact) mass is 391 g/mol. The first-order chi connectivity index (χ1) is 14.1. The summed E-state index contributed by atoms with van der Waals surface area (Å²) in [6, 6.07) is 17.4. The van der Waals surface area contributed by atoms with Gasteiger partial charge in [0.1, 0.15) is 5.69 Å². The van der Waals surface area contributed by atoms with E-state index in [1.54, 1.807) is 26.5 Å². The highest BCUT2D eigenvalue weighted by atomic mass is 16.5. The maximum atomic E-state index is 12.5. The first-order valence-electron chi connectivity index (χ1n) is 9.38. The van der Waals surface area contributed by atoms with E-state index in [4.69, 9.17) is 9.47 Å². The number of methoxy groups -OCH3 is 2. The minimum atomic E-state index is -0.210. The number of benzene rings is 2. The minimum absolute atomic E-state index is 0.210. The number of pyridine rings is 1. The van der Waals surface area contributed by atoms with E-state index in [0.29, 0.717) is 30.2 Å². The van der Waals surface area contributed by atoms with Gasteiger partial charge in [0.05, 0.1) is 14.2 Å². The van der Waals surface area contributed by atoms with Gasteiger partial charge >= 0.3 is 0 Å². The van der Waals surface area contributed by atoms with Crippen molar-refractivity contribution >= 4 is 17.3 Å². The molecule has 0 saturated carbocycles. The molecule has 0 fully saturated rings. The fourth-order valence-electron chi connectivity index (χ4n) is 2.88. The molecule has 2 N–H and O–H groups in total. The summed E-state index contributed by atoms with van der Waals surface area (Å²) in [7, 11) is 3.21. The lowest BCUT2D eigenvalue weighted by Gasteiger charge is -2.11. The van der Waals surface area contributed by atoms with Crippen LogP contribution in [0.3, 0.4) is 0 Å². The van der Waals surface area contributed by atoms with Crippen LogP contribution in [0, 0.1) is 6.92 Å². The third kappa shape index (κ3) is 5.48. The van der Waals surface area contributed by atoms with E-state index in [0.717, 1.165) is 16.9 Å². The van der Waals surface area contributed by atoms with Crippen LogP contribution in [0.4, 0.5) is 11.4 Å². The zero-order chi connectivity index (χ0) is 20.6. The van der Waals surface area contributed by atoms with Crippen molar-refractivity contribution in [3.63, 3.8) is 0 Å². The largest absolute Gasteiger partial charge is 0.493 e. The molecule has 1 heterocycles. The number of carbonyl (C=O) groups is 1. The van der Waals surface area contributed by atoms with Crippen LogP contribution in [-0.2, 0) is 6.42 Å². The van der Waals surface area contributed by atoms with E-state index in [2.05, 4.69) is 15.6 Å². The number of ether oxygens (including phenoxy) is 2. The Kier molecular flexibility index (Phi) is 6.68. The molecule has 0 bridgehead atoms. The third-order valence-electron chi connectivity index (χ3n) is 4.48. The second-order valence-electron chi connectivity index (χ2n) is 6.62. The van der Waals surface area contributed by atoms with E-state index in [1.165, 1.54) is 5.56 Å². The molecule has 2 aromatic carbocycles. The summed E-state index contributed by atoms with van der Waals surface area (Å²) in [6.07, 6.45) is 2.30. The zero-order valence-corrected chi connectivity index (χ0v) is 16.9. The minimum Gasteiger partial charge on any atom is -0.493 e. The topological polar surface area (TPSA) is 72.5 Å².